The molecule has 0 bridgehead atoms. The van der Waals surface area contributed by atoms with Crippen molar-refractivity contribution in [2.75, 3.05) is 11.5 Å². The van der Waals surface area contributed by atoms with Crippen molar-refractivity contribution in [3.63, 3.8) is 0 Å². The zero-order chi connectivity index (χ0) is 13.0. The molecule has 2 N–H and O–H groups in total. The average molecular weight is 267 g/mol. The Kier molecular flexibility index (Phi) is 5.07. The SMILES string of the molecule is Cc1cc(F)ccc1CC(N)CC1CCSCC1. The van der Waals surface area contributed by atoms with Gasteiger partial charge in [-0.2, -0.15) is 11.8 Å². The van der Waals surface area contributed by atoms with Crippen LogP contribution in [0.5, 0.6) is 0 Å². The van der Waals surface area contributed by atoms with Crippen LogP contribution >= 0.6 is 11.8 Å². The molecule has 1 saturated heterocycles. The molecule has 0 radical (unpaired) electrons. The van der Waals surface area contributed by atoms with Gasteiger partial charge in [-0.3, -0.25) is 0 Å². The highest BCUT2D eigenvalue weighted by Crippen LogP contribution is 2.26. The summed E-state index contributed by atoms with van der Waals surface area (Å²) in [5.74, 6) is 3.20. The Bertz CT molecular complexity index is 388. The van der Waals surface area contributed by atoms with Gasteiger partial charge in [-0.05, 0) is 73.3 Å². The molecule has 1 nitrogen and oxygen atoms in total. The van der Waals surface area contributed by atoms with E-state index in [1.165, 1.54) is 36.0 Å². The van der Waals surface area contributed by atoms with Crippen molar-refractivity contribution in [2.45, 2.75) is 38.6 Å². The van der Waals surface area contributed by atoms with Gasteiger partial charge in [0.2, 0.25) is 0 Å². The second-order valence-corrected chi connectivity index (χ2v) is 6.55. The highest BCUT2D eigenvalue weighted by Gasteiger charge is 2.17. The van der Waals surface area contributed by atoms with Crippen molar-refractivity contribution in [1.82, 2.24) is 0 Å². The standard InChI is InChI=1S/C15H22FNS/c1-11-8-14(16)3-2-13(11)10-15(17)9-12-4-6-18-7-5-12/h2-3,8,12,15H,4-7,9-10,17H2,1H3. The number of aryl methyl sites for hydroxylation is 1. The van der Waals surface area contributed by atoms with Gasteiger partial charge >= 0.3 is 0 Å². The Balaban J connectivity index is 1.87. The quantitative estimate of drug-likeness (QED) is 0.903. The summed E-state index contributed by atoms with van der Waals surface area (Å²) >= 11 is 2.05. The van der Waals surface area contributed by atoms with Crippen LogP contribution < -0.4 is 5.73 Å². The first-order chi connectivity index (χ1) is 8.65. The molecule has 1 aliphatic rings. The molecule has 0 amide bonds. The molecule has 0 aromatic heterocycles. The number of thioether (sulfide) groups is 1. The number of benzene rings is 1. The molecule has 1 aromatic carbocycles. The minimum atomic E-state index is -0.158. The Morgan fingerprint density at radius 2 is 2.11 bits per heavy atom. The summed E-state index contributed by atoms with van der Waals surface area (Å²) in [6.45, 7) is 1.96. The highest BCUT2D eigenvalue weighted by atomic mass is 32.2. The van der Waals surface area contributed by atoms with Crippen LogP contribution in [0, 0.1) is 18.7 Å². The van der Waals surface area contributed by atoms with Crippen LogP contribution in [0.3, 0.4) is 0 Å². The second kappa shape index (κ2) is 6.58. The van der Waals surface area contributed by atoms with Crippen molar-refractivity contribution >= 4 is 11.8 Å². The monoisotopic (exact) mass is 267 g/mol. The van der Waals surface area contributed by atoms with E-state index in [2.05, 4.69) is 11.8 Å². The fourth-order valence-corrected chi connectivity index (χ4v) is 3.87. The fourth-order valence-electron chi connectivity index (χ4n) is 2.66. The van der Waals surface area contributed by atoms with Gasteiger partial charge in [0.1, 0.15) is 5.82 Å². The average Bonchev–Trinajstić information content (AvgIpc) is 2.34. The molecule has 1 aliphatic heterocycles. The highest BCUT2D eigenvalue weighted by molar-refractivity contribution is 7.99. The third-order valence-corrected chi connectivity index (χ3v) is 4.81. The lowest BCUT2D eigenvalue weighted by atomic mass is 9.90. The van der Waals surface area contributed by atoms with E-state index in [0.717, 1.165) is 24.3 Å². The normalized spacial score (nSPS) is 18.8. The predicted molar refractivity (Wildman–Crippen MR) is 77.5 cm³/mol. The third kappa shape index (κ3) is 3.99. The number of nitrogens with two attached hydrogens (primary N) is 1. The minimum Gasteiger partial charge on any atom is -0.327 e. The van der Waals surface area contributed by atoms with Gasteiger partial charge < -0.3 is 5.73 Å². The fraction of sp³-hybridized carbons (Fsp3) is 0.600. The summed E-state index contributed by atoms with van der Waals surface area (Å²) < 4.78 is 13.0. The maximum atomic E-state index is 13.0. The molecule has 2 rings (SSSR count). The minimum absolute atomic E-state index is 0.158. The smallest absolute Gasteiger partial charge is 0.123 e. The predicted octanol–water partition coefficient (Wildman–Crippen LogP) is 3.54. The lowest BCUT2D eigenvalue weighted by Gasteiger charge is -2.24. The summed E-state index contributed by atoms with van der Waals surface area (Å²) in [6, 6.07) is 5.22. The molecular weight excluding hydrogens is 245 g/mol. The largest absolute Gasteiger partial charge is 0.327 e. The zero-order valence-corrected chi connectivity index (χ0v) is 11.8. The van der Waals surface area contributed by atoms with Crippen LogP contribution in [0.2, 0.25) is 0 Å². The van der Waals surface area contributed by atoms with Gasteiger partial charge in [0.05, 0.1) is 0 Å². The van der Waals surface area contributed by atoms with E-state index in [1.807, 2.05) is 13.0 Å². The molecule has 1 heterocycles. The van der Waals surface area contributed by atoms with E-state index in [9.17, 15) is 4.39 Å². The summed E-state index contributed by atoms with van der Waals surface area (Å²) in [7, 11) is 0. The van der Waals surface area contributed by atoms with Crippen LogP contribution in [0.25, 0.3) is 0 Å². The topological polar surface area (TPSA) is 26.0 Å². The van der Waals surface area contributed by atoms with Gasteiger partial charge in [-0.25, -0.2) is 4.39 Å². The Morgan fingerprint density at radius 3 is 2.78 bits per heavy atom. The van der Waals surface area contributed by atoms with E-state index in [0.29, 0.717) is 0 Å². The van der Waals surface area contributed by atoms with Gasteiger partial charge in [0, 0.05) is 6.04 Å². The first kappa shape index (κ1) is 13.9. The Labute approximate surface area is 113 Å². The van der Waals surface area contributed by atoms with Crippen LogP contribution in [-0.4, -0.2) is 17.5 Å². The van der Waals surface area contributed by atoms with E-state index in [4.69, 9.17) is 5.73 Å². The van der Waals surface area contributed by atoms with Crippen molar-refractivity contribution in [1.29, 1.82) is 0 Å². The number of hydrogen-bond acceptors (Lipinski definition) is 2. The van der Waals surface area contributed by atoms with Crippen molar-refractivity contribution in [3.05, 3.63) is 35.1 Å². The first-order valence-electron chi connectivity index (χ1n) is 6.73. The molecule has 100 valence electrons. The summed E-state index contributed by atoms with van der Waals surface area (Å²) in [4.78, 5) is 0. The molecule has 1 unspecified atom stereocenters. The van der Waals surface area contributed by atoms with Crippen LogP contribution in [0.15, 0.2) is 18.2 Å². The van der Waals surface area contributed by atoms with Crippen LogP contribution in [-0.2, 0) is 6.42 Å². The summed E-state index contributed by atoms with van der Waals surface area (Å²) in [5, 5.41) is 0. The lowest BCUT2D eigenvalue weighted by Crippen LogP contribution is -2.28. The van der Waals surface area contributed by atoms with Gasteiger partial charge in [0.25, 0.3) is 0 Å². The first-order valence-corrected chi connectivity index (χ1v) is 7.89. The molecular formula is C15H22FNS. The zero-order valence-electron chi connectivity index (χ0n) is 11.0. The molecule has 1 atom stereocenters. The van der Waals surface area contributed by atoms with Crippen molar-refractivity contribution in [2.24, 2.45) is 11.7 Å². The van der Waals surface area contributed by atoms with Crippen LogP contribution in [0.1, 0.15) is 30.4 Å². The number of halogens is 1. The number of hydrogen-bond donors (Lipinski definition) is 1. The molecule has 18 heavy (non-hydrogen) atoms. The molecule has 0 aliphatic carbocycles. The lowest BCUT2D eigenvalue weighted by molar-refractivity contribution is 0.405. The van der Waals surface area contributed by atoms with E-state index < -0.39 is 0 Å². The van der Waals surface area contributed by atoms with Crippen molar-refractivity contribution < 1.29 is 4.39 Å². The van der Waals surface area contributed by atoms with Gasteiger partial charge in [-0.1, -0.05) is 6.07 Å². The summed E-state index contributed by atoms with van der Waals surface area (Å²) in [6.07, 6.45) is 4.59. The maximum Gasteiger partial charge on any atom is 0.123 e. The molecule has 3 heteroatoms. The van der Waals surface area contributed by atoms with E-state index >= 15 is 0 Å². The van der Waals surface area contributed by atoms with Crippen LogP contribution in [0.4, 0.5) is 4.39 Å². The number of rotatable bonds is 4. The third-order valence-electron chi connectivity index (χ3n) is 3.76. The summed E-state index contributed by atoms with van der Waals surface area (Å²) in [5.41, 5.74) is 8.45. The van der Waals surface area contributed by atoms with Gasteiger partial charge in [-0.15, -0.1) is 0 Å². The Morgan fingerprint density at radius 1 is 1.39 bits per heavy atom. The van der Waals surface area contributed by atoms with E-state index in [1.54, 1.807) is 6.07 Å². The van der Waals surface area contributed by atoms with E-state index in [-0.39, 0.29) is 11.9 Å². The van der Waals surface area contributed by atoms with Gasteiger partial charge in [0.15, 0.2) is 0 Å². The molecule has 1 aromatic rings. The molecule has 1 fully saturated rings. The Hall–Kier alpha value is -0.540. The van der Waals surface area contributed by atoms with Crippen molar-refractivity contribution in [3.8, 4) is 0 Å². The maximum absolute atomic E-state index is 13.0. The molecule has 0 saturated carbocycles. The molecule has 0 spiro atoms. The second-order valence-electron chi connectivity index (χ2n) is 5.33.